The van der Waals surface area contributed by atoms with Crippen LogP contribution in [0.15, 0.2) is 0 Å². The van der Waals surface area contributed by atoms with E-state index in [1.807, 2.05) is 0 Å². The fourth-order valence-corrected chi connectivity index (χ4v) is 4.21. The quantitative estimate of drug-likeness (QED) is 0.829. The van der Waals surface area contributed by atoms with Gasteiger partial charge in [-0.15, -0.1) is 0 Å². The van der Waals surface area contributed by atoms with E-state index in [-0.39, 0.29) is 0 Å². The maximum atomic E-state index is 3.96. The molecule has 1 spiro atoms. The monoisotopic (exact) mass is 266 g/mol. The van der Waals surface area contributed by atoms with E-state index in [0.29, 0.717) is 11.1 Å². The molecular formula is C17H34N2. The summed E-state index contributed by atoms with van der Waals surface area (Å²) in [6.07, 6.45) is 11.0. The van der Waals surface area contributed by atoms with Crippen LogP contribution in [0.5, 0.6) is 0 Å². The lowest BCUT2D eigenvalue weighted by Gasteiger charge is -2.56. The van der Waals surface area contributed by atoms with E-state index in [2.05, 4.69) is 37.9 Å². The highest BCUT2D eigenvalue weighted by Gasteiger charge is 2.45. The van der Waals surface area contributed by atoms with Gasteiger partial charge in [-0.3, -0.25) is 4.90 Å². The van der Waals surface area contributed by atoms with Crippen LogP contribution in [-0.2, 0) is 0 Å². The first-order valence-electron chi connectivity index (χ1n) is 8.57. The van der Waals surface area contributed by atoms with Crippen LogP contribution in [0, 0.1) is 0 Å². The molecule has 2 atom stereocenters. The maximum Gasteiger partial charge on any atom is 0.0309 e. The van der Waals surface area contributed by atoms with Crippen molar-refractivity contribution in [2.75, 3.05) is 13.1 Å². The largest absolute Gasteiger partial charge is 0.308 e. The second kappa shape index (κ2) is 6.13. The molecule has 2 nitrogen and oxygen atoms in total. The van der Waals surface area contributed by atoms with Crippen molar-refractivity contribution in [2.24, 2.45) is 0 Å². The molecule has 0 aromatic heterocycles. The van der Waals surface area contributed by atoms with Crippen LogP contribution in [0.4, 0.5) is 0 Å². The summed E-state index contributed by atoms with van der Waals surface area (Å²) in [6.45, 7) is 12.0. The molecule has 19 heavy (non-hydrogen) atoms. The smallest absolute Gasteiger partial charge is 0.0309 e. The molecule has 0 radical (unpaired) electrons. The molecule has 112 valence electrons. The Kier molecular flexibility index (Phi) is 4.94. The lowest BCUT2D eigenvalue weighted by Crippen LogP contribution is -2.70. The summed E-state index contributed by atoms with van der Waals surface area (Å²) < 4.78 is 0. The zero-order valence-corrected chi connectivity index (χ0v) is 13.6. The topological polar surface area (TPSA) is 15.3 Å². The van der Waals surface area contributed by atoms with E-state index in [0.717, 1.165) is 6.04 Å². The molecule has 1 N–H and O–H groups in total. The van der Waals surface area contributed by atoms with Gasteiger partial charge in [0.2, 0.25) is 0 Å². The van der Waals surface area contributed by atoms with Crippen LogP contribution in [-0.4, -0.2) is 35.1 Å². The second-order valence-electron chi connectivity index (χ2n) is 7.31. The van der Waals surface area contributed by atoms with Gasteiger partial charge in [-0.1, -0.05) is 39.5 Å². The Morgan fingerprint density at radius 2 is 1.84 bits per heavy atom. The molecule has 0 aromatic carbocycles. The number of hydrogen-bond acceptors (Lipinski definition) is 2. The summed E-state index contributed by atoms with van der Waals surface area (Å²) in [5.74, 6) is 0. The molecule has 2 rings (SSSR count). The molecule has 1 aliphatic heterocycles. The molecule has 1 saturated heterocycles. The van der Waals surface area contributed by atoms with Crippen LogP contribution >= 0.6 is 0 Å². The third-order valence-corrected chi connectivity index (χ3v) is 5.82. The van der Waals surface area contributed by atoms with Crippen molar-refractivity contribution in [3.05, 3.63) is 0 Å². The SMILES string of the molecule is CCCC(C)N1CC2(CCCCC2)NCC1(C)CC. The van der Waals surface area contributed by atoms with Crippen LogP contribution < -0.4 is 5.32 Å². The van der Waals surface area contributed by atoms with Crippen LogP contribution in [0.1, 0.15) is 79.1 Å². The second-order valence-corrected chi connectivity index (χ2v) is 7.31. The lowest BCUT2D eigenvalue weighted by molar-refractivity contribution is -0.0286. The molecule has 1 aliphatic carbocycles. The van der Waals surface area contributed by atoms with Crippen molar-refractivity contribution < 1.29 is 0 Å². The Bertz CT molecular complexity index is 283. The molecule has 2 heteroatoms. The minimum Gasteiger partial charge on any atom is -0.308 e. The molecule has 0 aromatic rings. The molecule has 1 heterocycles. The predicted molar refractivity (Wildman–Crippen MR) is 83.6 cm³/mol. The van der Waals surface area contributed by atoms with Crippen molar-refractivity contribution in [3.63, 3.8) is 0 Å². The third-order valence-electron chi connectivity index (χ3n) is 5.82. The van der Waals surface area contributed by atoms with Crippen LogP contribution in [0.3, 0.4) is 0 Å². The van der Waals surface area contributed by atoms with Gasteiger partial charge in [-0.25, -0.2) is 0 Å². The van der Waals surface area contributed by atoms with Crippen LogP contribution in [0.25, 0.3) is 0 Å². The first-order valence-corrected chi connectivity index (χ1v) is 8.57. The molecule has 2 fully saturated rings. The fourth-order valence-electron chi connectivity index (χ4n) is 4.21. The maximum absolute atomic E-state index is 3.96. The van der Waals surface area contributed by atoms with Crippen molar-refractivity contribution in [2.45, 2.75) is 96.2 Å². The minimum atomic E-state index is 0.358. The molecule has 2 aliphatic rings. The molecule has 0 amide bonds. The van der Waals surface area contributed by atoms with E-state index < -0.39 is 0 Å². The summed E-state index contributed by atoms with van der Waals surface area (Å²) >= 11 is 0. The van der Waals surface area contributed by atoms with Crippen molar-refractivity contribution in [3.8, 4) is 0 Å². The highest BCUT2D eigenvalue weighted by Crippen LogP contribution is 2.37. The van der Waals surface area contributed by atoms with Crippen molar-refractivity contribution in [1.29, 1.82) is 0 Å². The van der Waals surface area contributed by atoms with Gasteiger partial charge in [-0.05, 0) is 39.5 Å². The number of nitrogens with zero attached hydrogens (tertiary/aromatic N) is 1. The zero-order valence-electron chi connectivity index (χ0n) is 13.6. The Hall–Kier alpha value is -0.0800. The number of nitrogens with one attached hydrogen (secondary N) is 1. The molecule has 0 bridgehead atoms. The van der Waals surface area contributed by atoms with Gasteiger partial charge in [0, 0.05) is 30.2 Å². The highest BCUT2D eigenvalue weighted by atomic mass is 15.3. The number of rotatable bonds is 4. The number of piperazine rings is 1. The zero-order chi connectivity index (χ0) is 13.9. The lowest BCUT2D eigenvalue weighted by atomic mass is 9.76. The highest BCUT2D eigenvalue weighted by molar-refractivity contribution is 5.05. The molecular weight excluding hydrogens is 232 g/mol. The first-order chi connectivity index (χ1) is 9.05. The van der Waals surface area contributed by atoms with Gasteiger partial charge in [0.1, 0.15) is 0 Å². The summed E-state index contributed by atoms with van der Waals surface area (Å²) in [7, 11) is 0. The summed E-state index contributed by atoms with van der Waals surface area (Å²) in [5, 5.41) is 3.96. The third kappa shape index (κ3) is 3.16. The summed E-state index contributed by atoms with van der Waals surface area (Å²) in [5.41, 5.74) is 0.798. The van der Waals surface area contributed by atoms with E-state index in [9.17, 15) is 0 Å². The normalized spacial score (nSPS) is 33.5. The van der Waals surface area contributed by atoms with E-state index in [1.165, 1.54) is 64.5 Å². The average Bonchev–Trinajstić information content (AvgIpc) is 2.43. The Labute approximate surface area is 120 Å². The van der Waals surface area contributed by atoms with E-state index in [1.54, 1.807) is 0 Å². The predicted octanol–water partition coefficient (Wildman–Crippen LogP) is 3.95. The Balaban J connectivity index is 2.12. The Morgan fingerprint density at radius 1 is 1.16 bits per heavy atom. The van der Waals surface area contributed by atoms with E-state index in [4.69, 9.17) is 0 Å². The van der Waals surface area contributed by atoms with Gasteiger partial charge < -0.3 is 5.32 Å². The van der Waals surface area contributed by atoms with Crippen LogP contribution in [0.2, 0.25) is 0 Å². The van der Waals surface area contributed by atoms with E-state index >= 15 is 0 Å². The van der Waals surface area contributed by atoms with Crippen molar-refractivity contribution in [1.82, 2.24) is 10.2 Å². The standard InChI is InChI=1S/C17H34N2/c1-5-10-15(3)19-14-17(11-8-7-9-12-17)18-13-16(19,4)6-2/h15,18H,5-14H2,1-4H3. The summed E-state index contributed by atoms with van der Waals surface area (Å²) in [4.78, 5) is 2.85. The van der Waals surface area contributed by atoms with Gasteiger partial charge in [-0.2, -0.15) is 0 Å². The van der Waals surface area contributed by atoms with Gasteiger partial charge in [0.15, 0.2) is 0 Å². The summed E-state index contributed by atoms with van der Waals surface area (Å²) in [6, 6.07) is 0.732. The Morgan fingerprint density at radius 3 is 2.42 bits per heavy atom. The van der Waals surface area contributed by atoms with Gasteiger partial charge >= 0.3 is 0 Å². The number of hydrogen-bond donors (Lipinski definition) is 1. The van der Waals surface area contributed by atoms with Gasteiger partial charge in [0.05, 0.1) is 0 Å². The fraction of sp³-hybridized carbons (Fsp3) is 1.00. The molecule has 1 saturated carbocycles. The van der Waals surface area contributed by atoms with Crippen molar-refractivity contribution >= 4 is 0 Å². The first kappa shape index (κ1) is 15.3. The van der Waals surface area contributed by atoms with Gasteiger partial charge in [0.25, 0.3) is 0 Å². The molecule has 2 unspecified atom stereocenters. The minimum absolute atomic E-state index is 0.358. The average molecular weight is 266 g/mol.